The molecule has 1 unspecified atom stereocenters. The summed E-state index contributed by atoms with van der Waals surface area (Å²) in [6, 6.07) is 14.6. The first-order valence-corrected chi connectivity index (χ1v) is 12.4. The van der Waals surface area contributed by atoms with Crippen LogP contribution in [0, 0.1) is 0 Å². The summed E-state index contributed by atoms with van der Waals surface area (Å²) in [5.74, 6) is 0.257. The number of amides is 1. The molecule has 0 bridgehead atoms. The van der Waals surface area contributed by atoms with Crippen LogP contribution in [0.5, 0.6) is 0 Å². The number of aryl methyl sites for hydroxylation is 1. The molecule has 4 nitrogen and oxygen atoms in total. The molecule has 0 aromatic heterocycles. The second-order valence-electron chi connectivity index (χ2n) is 9.31. The Morgan fingerprint density at radius 1 is 0.971 bits per heavy atom. The molecule has 2 heterocycles. The van der Waals surface area contributed by atoms with Crippen LogP contribution in [0.2, 0.25) is 0 Å². The van der Waals surface area contributed by atoms with Gasteiger partial charge in [0.1, 0.15) is 0 Å². The summed E-state index contributed by atoms with van der Waals surface area (Å²) in [4.78, 5) is 18.4. The predicted octanol–water partition coefficient (Wildman–Crippen LogP) is 5.53. The fourth-order valence-electron chi connectivity index (χ4n) is 5.16. The lowest BCUT2D eigenvalue weighted by Gasteiger charge is -2.36. The van der Waals surface area contributed by atoms with Crippen molar-refractivity contribution in [1.29, 1.82) is 0 Å². The molecular formula is C27H34F3N3O. The Morgan fingerprint density at radius 2 is 1.71 bits per heavy atom. The van der Waals surface area contributed by atoms with E-state index in [1.165, 1.54) is 23.3 Å². The van der Waals surface area contributed by atoms with E-state index in [0.29, 0.717) is 12.1 Å². The maximum atomic E-state index is 13.0. The molecule has 2 aromatic rings. The Hall–Kier alpha value is -2.54. The summed E-state index contributed by atoms with van der Waals surface area (Å²) in [6.07, 6.45) is 0.499. The fraction of sp³-hybridized carbons (Fsp3) is 0.519. The monoisotopic (exact) mass is 473 g/mol. The fourth-order valence-corrected chi connectivity index (χ4v) is 5.16. The van der Waals surface area contributed by atoms with E-state index in [2.05, 4.69) is 29.2 Å². The molecule has 0 N–H and O–H groups in total. The van der Waals surface area contributed by atoms with Crippen LogP contribution < -0.4 is 4.90 Å². The molecule has 34 heavy (non-hydrogen) atoms. The van der Waals surface area contributed by atoms with Gasteiger partial charge in [-0.15, -0.1) is 0 Å². The number of likely N-dealkylation sites (tertiary alicyclic amines) is 1. The van der Waals surface area contributed by atoms with E-state index in [1.807, 2.05) is 16.7 Å². The zero-order chi connectivity index (χ0) is 24.1. The van der Waals surface area contributed by atoms with Crippen LogP contribution in [0.4, 0.5) is 18.9 Å². The number of carbonyl (C=O) groups excluding carboxylic acids is 1. The van der Waals surface area contributed by atoms with Crippen molar-refractivity contribution in [3.8, 4) is 0 Å². The largest absolute Gasteiger partial charge is 0.416 e. The second kappa shape index (κ2) is 10.8. The first-order chi connectivity index (χ1) is 16.3. The molecule has 2 saturated heterocycles. The van der Waals surface area contributed by atoms with Gasteiger partial charge < -0.3 is 9.80 Å². The highest BCUT2D eigenvalue weighted by atomic mass is 19.4. The number of alkyl halides is 3. The Kier molecular flexibility index (Phi) is 7.81. The van der Waals surface area contributed by atoms with E-state index in [-0.39, 0.29) is 11.9 Å². The van der Waals surface area contributed by atoms with Crippen molar-refractivity contribution < 1.29 is 18.0 Å². The molecule has 0 radical (unpaired) electrons. The predicted molar refractivity (Wildman–Crippen MR) is 129 cm³/mol. The van der Waals surface area contributed by atoms with E-state index >= 15 is 0 Å². The van der Waals surface area contributed by atoms with Crippen molar-refractivity contribution in [1.82, 2.24) is 9.80 Å². The van der Waals surface area contributed by atoms with Crippen LogP contribution in [-0.4, -0.2) is 55.0 Å². The molecule has 184 valence electrons. The molecule has 0 saturated carbocycles. The smallest absolute Gasteiger partial charge is 0.369 e. The molecule has 0 spiro atoms. The van der Waals surface area contributed by atoms with Gasteiger partial charge in [-0.3, -0.25) is 9.69 Å². The summed E-state index contributed by atoms with van der Waals surface area (Å²) in [6.45, 7) is 7.07. The maximum Gasteiger partial charge on any atom is 0.416 e. The summed E-state index contributed by atoms with van der Waals surface area (Å²) in [5, 5.41) is 0. The number of nitrogens with zero attached hydrogens (tertiary/aromatic N) is 3. The Bertz CT molecular complexity index is 952. The average molecular weight is 474 g/mol. The molecule has 2 aliphatic heterocycles. The molecule has 0 aliphatic carbocycles. The number of halogens is 3. The maximum absolute atomic E-state index is 13.0. The number of piperazine rings is 1. The van der Waals surface area contributed by atoms with Gasteiger partial charge in [0.15, 0.2) is 0 Å². The molecule has 2 fully saturated rings. The van der Waals surface area contributed by atoms with Gasteiger partial charge in [-0.05, 0) is 68.5 Å². The third-order valence-corrected chi connectivity index (χ3v) is 7.13. The lowest BCUT2D eigenvalue weighted by atomic mass is 10.0. The Morgan fingerprint density at radius 3 is 2.38 bits per heavy atom. The first kappa shape index (κ1) is 24.6. The summed E-state index contributed by atoms with van der Waals surface area (Å²) in [5.41, 5.74) is 2.63. The van der Waals surface area contributed by atoms with Crippen molar-refractivity contribution in [3.63, 3.8) is 0 Å². The van der Waals surface area contributed by atoms with Crippen LogP contribution in [0.25, 0.3) is 0 Å². The topological polar surface area (TPSA) is 26.8 Å². The number of hydrogen-bond donors (Lipinski definition) is 0. The van der Waals surface area contributed by atoms with Crippen molar-refractivity contribution in [2.75, 3.05) is 44.2 Å². The molecule has 2 aromatic carbocycles. The zero-order valence-corrected chi connectivity index (χ0v) is 19.9. The summed E-state index contributed by atoms with van der Waals surface area (Å²) < 4.78 is 39.0. The molecule has 1 atom stereocenters. The number of carbonyl (C=O) groups is 1. The van der Waals surface area contributed by atoms with E-state index in [4.69, 9.17) is 0 Å². The molecule has 1 amide bonds. The number of anilines is 1. The SMILES string of the molecule is CCN1C(=O)CCC1c1ccc(CCCCN2CCN(c3cccc(C(F)(F)F)c3)CC2)cc1. The van der Waals surface area contributed by atoms with Crippen molar-refractivity contribution in [2.24, 2.45) is 0 Å². The second-order valence-corrected chi connectivity index (χ2v) is 9.31. The number of unbranched alkanes of at least 4 members (excludes halogenated alkanes) is 1. The van der Waals surface area contributed by atoms with Crippen LogP contribution in [0.15, 0.2) is 48.5 Å². The third-order valence-electron chi connectivity index (χ3n) is 7.13. The number of benzene rings is 2. The van der Waals surface area contributed by atoms with Gasteiger partial charge in [-0.25, -0.2) is 0 Å². The Labute approximate surface area is 200 Å². The van der Waals surface area contributed by atoms with E-state index in [1.54, 1.807) is 6.07 Å². The summed E-state index contributed by atoms with van der Waals surface area (Å²) >= 11 is 0. The van der Waals surface area contributed by atoms with Gasteiger partial charge in [0.25, 0.3) is 0 Å². The van der Waals surface area contributed by atoms with Crippen LogP contribution in [-0.2, 0) is 17.4 Å². The Balaban J connectivity index is 1.18. The van der Waals surface area contributed by atoms with E-state index < -0.39 is 11.7 Å². The lowest BCUT2D eigenvalue weighted by Crippen LogP contribution is -2.46. The minimum atomic E-state index is -4.30. The van der Waals surface area contributed by atoms with Crippen LogP contribution >= 0.6 is 0 Å². The van der Waals surface area contributed by atoms with Crippen molar-refractivity contribution in [3.05, 3.63) is 65.2 Å². The highest BCUT2D eigenvalue weighted by Gasteiger charge is 2.31. The molecule has 4 rings (SSSR count). The van der Waals surface area contributed by atoms with E-state index in [0.717, 1.165) is 71.0 Å². The highest BCUT2D eigenvalue weighted by molar-refractivity contribution is 5.79. The van der Waals surface area contributed by atoms with E-state index in [9.17, 15) is 18.0 Å². The minimum Gasteiger partial charge on any atom is -0.369 e. The average Bonchev–Trinajstić information content (AvgIpc) is 3.22. The summed E-state index contributed by atoms with van der Waals surface area (Å²) in [7, 11) is 0. The van der Waals surface area contributed by atoms with Gasteiger partial charge in [-0.2, -0.15) is 13.2 Å². The molecule has 2 aliphatic rings. The molecule has 7 heteroatoms. The van der Waals surface area contributed by atoms with Gasteiger partial charge in [0.05, 0.1) is 11.6 Å². The molecular weight excluding hydrogens is 439 g/mol. The van der Waals surface area contributed by atoms with Crippen LogP contribution in [0.1, 0.15) is 55.3 Å². The van der Waals surface area contributed by atoms with Crippen molar-refractivity contribution in [2.45, 2.75) is 51.2 Å². The van der Waals surface area contributed by atoms with Gasteiger partial charge in [0, 0.05) is 44.8 Å². The standard InChI is InChI=1S/C27H34F3N3O/c1-2-33-25(13-14-26(33)34)22-11-9-21(10-12-22)6-3-4-15-31-16-18-32(19-17-31)24-8-5-7-23(20-24)27(28,29)30/h5,7-12,20,25H,2-4,6,13-19H2,1H3. The zero-order valence-electron chi connectivity index (χ0n) is 19.9. The first-order valence-electron chi connectivity index (χ1n) is 12.4. The number of hydrogen-bond acceptors (Lipinski definition) is 3. The van der Waals surface area contributed by atoms with Crippen molar-refractivity contribution >= 4 is 11.6 Å². The normalized spacial score (nSPS) is 19.8. The quantitative estimate of drug-likeness (QED) is 0.472. The highest BCUT2D eigenvalue weighted by Crippen LogP contribution is 2.33. The van der Waals surface area contributed by atoms with Gasteiger partial charge in [0.2, 0.25) is 5.91 Å². The lowest BCUT2D eigenvalue weighted by molar-refractivity contribution is -0.137. The van der Waals surface area contributed by atoms with Crippen LogP contribution in [0.3, 0.4) is 0 Å². The minimum absolute atomic E-state index is 0.223. The number of rotatable bonds is 8. The van der Waals surface area contributed by atoms with Gasteiger partial charge >= 0.3 is 6.18 Å². The van der Waals surface area contributed by atoms with Gasteiger partial charge in [-0.1, -0.05) is 30.3 Å². The third kappa shape index (κ3) is 5.93.